The number of benzene rings is 2. The van der Waals surface area contributed by atoms with Crippen LogP contribution in [-0.4, -0.2) is 18.6 Å². The van der Waals surface area contributed by atoms with E-state index in [2.05, 4.69) is 0 Å². The van der Waals surface area contributed by atoms with Crippen LogP contribution in [0.3, 0.4) is 0 Å². The zero-order valence-electron chi connectivity index (χ0n) is 13.9. The van der Waals surface area contributed by atoms with Gasteiger partial charge in [0.1, 0.15) is 16.4 Å². The molecule has 0 atom stereocenters. The molecule has 0 radical (unpaired) electrons. The Morgan fingerprint density at radius 1 is 1.12 bits per heavy atom. The summed E-state index contributed by atoms with van der Waals surface area (Å²) >= 11 is 0. The number of rotatable bonds is 6. The van der Waals surface area contributed by atoms with Crippen molar-refractivity contribution in [3.63, 3.8) is 0 Å². The highest BCUT2D eigenvalue weighted by atomic mass is 32.2. The van der Waals surface area contributed by atoms with Crippen molar-refractivity contribution in [3.8, 4) is 22.6 Å². The smallest absolute Gasteiger partial charge is 0.242 e. The fraction of sp³-hybridized carbons (Fsp3) is 0.333. The van der Waals surface area contributed by atoms with Gasteiger partial charge in [0.2, 0.25) is 10.0 Å². The van der Waals surface area contributed by atoms with Crippen molar-refractivity contribution in [3.05, 3.63) is 41.5 Å². The molecule has 2 rings (SSSR count). The van der Waals surface area contributed by atoms with Crippen LogP contribution in [0.15, 0.2) is 35.2 Å². The Balaban J connectivity index is 2.67. The van der Waals surface area contributed by atoms with E-state index in [1.165, 1.54) is 6.07 Å². The average molecular weight is 349 g/mol. The van der Waals surface area contributed by atoms with Crippen molar-refractivity contribution in [2.45, 2.75) is 44.4 Å². The van der Waals surface area contributed by atoms with E-state index in [-0.39, 0.29) is 16.2 Å². The highest BCUT2D eigenvalue weighted by molar-refractivity contribution is 7.89. The minimum atomic E-state index is -4.12. The zero-order valence-corrected chi connectivity index (χ0v) is 14.7. The topological polar surface area (TPSA) is 101 Å². The summed E-state index contributed by atoms with van der Waals surface area (Å²) < 4.78 is 24.0. The van der Waals surface area contributed by atoms with Crippen molar-refractivity contribution >= 4 is 10.0 Å². The standard InChI is InChI=1S/C18H23NO4S/c1-3-4-5-8-14-11-15(20)16(13-9-6-7-12(2)10-13)17(21)18(14)24(19,22)23/h6-7,9-11,20-21H,3-5,8H2,1-2H3,(H2,19,22,23). The van der Waals surface area contributed by atoms with Gasteiger partial charge in [-0.15, -0.1) is 0 Å². The molecule has 0 fully saturated rings. The number of sulfonamides is 1. The van der Waals surface area contributed by atoms with Crippen LogP contribution in [-0.2, 0) is 16.4 Å². The van der Waals surface area contributed by atoms with E-state index in [0.29, 0.717) is 17.5 Å². The monoisotopic (exact) mass is 349 g/mol. The summed E-state index contributed by atoms with van der Waals surface area (Å²) in [7, 11) is -4.12. The van der Waals surface area contributed by atoms with Crippen LogP contribution in [0.1, 0.15) is 37.3 Å². The molecule has 0 aliphatic carbocycles. The van der Waals surface area contributed by atoms with E-state index in [1.54, 1.807) is 18.2 Å². The first-order valence-corrected chi connectivity index (χ1v) is 9.48. The Morgan fingerprint density at radius 3 is 2.42 bits per heavy atom. The Bertz CT molecular complexity index is 844. The Kier molecular flexibility index (Phi) is 5.51. The molecular formula is C18H23NO4S. The Hall–Kier alpha value is -2.05. The van der Waals surface area contributed by atoms with Gasteiger partial charge in [0.05, 0.1) is 5.56 Å². The van der Waals surface area contributed by atoms with Gasteiger partial charge in [-0.3, -0.25) is 0 Å². The maximum atomic E-state index is 12.0. The van der Waals surface area contributed by atoms with Crippen LogP contribution in [0.5, 0.6) is 11.5 Å². The molecule has 0 amide bonds. The van der Waals surface area contributed by atoms with Gasteiger partial charge in [-0.25, -0.2) is 13.6 Å². The molecule has 6 heteroatoms. The highest BCUT2D eigenvalue weighted by Gasteiger charge is 2.25. The number of hydrogen-bond acceptors (Lipinski definition) is 4. The molecule has 0 heterocycles. The average Bonchev–Trinajstić information content (AvgIpc) is 2.45. The summed E-state index contributed by atoms with van der Waals surface area (Å²) in [5.41, 5.74) is 1.89. The minimum absolute atomic E-state index is 0.0852. The zero-order chi connectivity index (χ0) is 17.9. The molecule has 5 nitrogen and oxygen atoms in total. The van der Waals surface area contributed by atoms with E-state index in [9.17, 15) is 18.6 Å². The normalized spacial score (nSPS) is 11.6. The molecule has 0 saturated carbocycles. The molecule has 24 heavy (non-hydrogen) atoms. The van der Waals surface area contributed by atoms with E-state index in [0.717, 1.165) is 24.8 Å². The third-order valence-electron chi connectivity index (χ3n) is 3.95. The second-order valence-corrected chi connectivity index (χ2v) is 7.48. The van der Waals surface area contributed by atoms with Gasteiger partial charge < -0.3 is 10.2 Å². The maximum Gasteiger partial charge on any atom is 0.242 e. The van der Waals surface area contributed by atoms with E-state index < -0.39 is 15.8 Å². The third kappa shape index (κ3) is 3.88. The molecule has 0 spiro atoms. The number of aryl methyl sites for hydroxylation is 2. The quantitative estimate of drug-likeness (QED) is 0.695. The SMILES string of the molecule is CCCCCc1cc(O)c(-c2cccc(C)c2)c(O)c1S(N)(=O)=O. The van der Waals surface area contributed by atoms with Gasteiger partial charge in [-0.05, 0) is 37.0 Å². The Morgan fingerprint density at radius 2 is 1.83 bits per heavy atom. The summed E-state index contributed by atoms with van der Waals surface area (Å²) in [5.74, 6) is -0.647. The van der Waals surface area contributed by atoms with Crippen LogP contribution in [0.4, 0.5) is 0 Å². The molecule has 130 valence electrons. The first-order chi connectivity index (χ1) is 11.3. The maximum absolute atomic E-state index is 12.0. The fourth-order valence-corrected chi connectivity index (χ4v) is 3.74. The second kappa shape index (κ2) is 7.23. The molecule has 0 unspecified atom stereocenters. The lowest BCUT2D eigenvalue weighted by atomic mass is 9.97. The van der Waals surface area contributed by atoms with Crippen molar-refractivity contribution in [1.29, 1.82) is 0 Å². The molecule has 0 bridgehead atoms. The van der Waals surface area contributed by atoms with Gasteiger partial charge in [-0.2, -0.15) is 0 Å². The summed E-state index contributed by atoms with van der Waals surface area (Å²) in [6.07, 6.45) is 3.08. The first kappa shape index (κ1) is 18.3. The van der Waals surface area contributed by atoms with Gasteiger partial charge >= 0.3 is 0 Å². The lowest BCUT2D eigenvalue weighted by molar-refractivity contribution is 0.440. The summed E-state index contributed by atoms with van der Waals surface area (Å²) in [4.78, 5) is -0.298. The van der Waals surface area contributed by atoms with Crippen LogP contribution in [0, 0.1) is 6.92 Å². The molecule has 0 saturated heterocycles. The van der Waals surface area contributed by atoms with Gasteiger partial charge in [0.15, 0.2) is 0 Å². The number of aromatic hydroxyl groups is 2. The predicted octanol–water partition coefficient (Wildman–Crippen LogP) is 3.45. The number of phenols is 2. The van der Waals surface area contributed by atoms with Crippen molar-refractivity contribution < 1.29 is 18.6 Å². The largest absolute Gasteiger partial charge is 0.507 e. The molecule has 2 aromatic carbocycles. The predicted molar refractivity (Wildman–Crippen MR) is 94.5 cm³/mol. The number of primary sulfonamides is 1. The third-order valence-corrected chi connectivity index (χ3v) is 4.98. The van der Waals surface area contributed by atoms with E-state index in [4.69, 9.17) is 5.14 Å². The lowest BCUT2D eigenvalue weighted by Crippen LogP contribution is -2.15. The molecule has 2 aromatic rings. The number of hydrogen-bond donors (Lipinski definition) is 3. The van der Waals surface area contributed by atoms with Gasteiger partial charge in [-0.1, -0.05) is 49.6 Å². The molecule has 0 aromatic heterocycles. The molecular weight excluding hydrogens is 326 g/mol. The lowest BCUT2D eigenvalue weighted by Gasteiger charge is -2.16. The molecule has 0 aliphatic rings. The highest BCUT2D eigenvalue weighted by Crippen LogP contribution is 2.43. The van der Waals surface area contributed by atoms with Crippen molar-refractivity contribution in [1.82, 2.24) is 0 Å². The Labute approximate surface area is 142 Å². The van der Waals surface area contributed by atoms with Crippen molar-refractivity contribution in [2.75, 3.05) is 0 Å². The van der Waals surface area contributed by atoms with Gasteiger partial charge in [0.25, 0.3) is 0 Å². The number of unbranched alkanes of at least 4 members (excludes halogenated alkanes) is 2. The summed E-state index contributed by atoms with van der Waals surface area (Å²) in [6.45, 7) is 3.91. The van der Waals surface area contributed by atoms with Crippen molar-refractivity contribution in [2.24, 2.45) is 5.14 Å². The van der Waals surface area contributed by atoms with E-state index in [1.807, 2.05) is 19.9 Å². The van der Waals surface area contributed by atoms with Crippen LogP contribution in [0.25, 0.3) is 11.1 Å². The summed E-state index contributed by atoms with van der Waals surface area (Å²) in [5, 5.41) is 26.3. The minimum Gasteiger partial charge on any atom is -0.507 e. The van der Waals surface area contributed by atoms with E-state index >= 15 is 0 Å². The molecule has 0 aliphatic heterocycles. The number of nitrogens with two attached hydrogens (primary N) is 1. The fourth-order valence-electron chi connectivity index (χ4n) is 2.84. The molecule has 4 N–H and O–H groups in total. The first-order valence-electron chi connectivity index (χ1n) is 7.93. The van der Waals surface area contributed by atoms with Crippen LogP contribution in [0.2, 0.25) is 0 Å². The second-order valence-electron chi connectivity index (χ2n) is 5.98. The number of phenolic OH excluding ortho intramolecular Hbond substituents is 2. The van der Waals surface area contributed by atoms with Crippen LogP contribution >= 0.6 is 0 Å². The summed E-state index contributed by atoms with van der Waals surface area (Å²) in [6, 6.07) is 8.50. The van der Waals surface area contributed by atoms with Crippen LogP contribution < -0.4 is 5.14 Å². The van der Waals surface area contributed by atoms with Gasteiger partial charge in [0, 0.05) is 0 Å².